The first-order chi connectivity index (χ1) is 11.5. The Hall–Kier alpha value is -2.81. The van der Waals surface area contributed by atoms with Gasteiger partial charge in [-0.15, -0.1) is 0 Å². The number of pyridine rings is 1. The van der Waals surface area contributed by atoms with Crippen molar-refractivity contribution in [2.24, 2.45) is 0 Å². The molecule has 6 nitrogen and oxygen atoms in total. The molecule has 0 bridgehead atoms. The van der Waals surface area contributed by atoms with Crippen molar-refractivity contribution in [3.8, 4) is 11.5 Å². The minimum Gasteiger partial charge on any atom is -0.491 e. The van der Waals surface area contributed by atoms with Crippen LogP contribution in [0.25, 0.3) is 22.3 Å². The van der Waals surface area contributed by atoms with Gasteiger partial charge >= 0.3 is 6.61 Å². The maximum Gasteiger partial charge on any atom is 0.387 e. The van der Waals surface area contributed by atoms with Crippen LogP contribution < -0.4 is 14.9 Å². The molecule has 0 aliphatic rings. The van der Waals surface area contributed by atoms with Gasteiger partial charge < -0.3 is 9.47 Å². The zero-order chi connectivity index (χ0) is 17.0. The third-order valence-electron chi connectivity index (χ3n) is 3.71. The number of fused-ring (bicyclic) bond motifs is 5. The van der Waals surface area contributed by atoms with Crippen LogP contribution in [-0.2, 0) is 0 Å². The SMILES string of the molecule is COc1c(=O)ccn2c1c(=S)n1c3ccc(OC(F)F)cc3nc21. The molecule has 9 heteroatoms. The average molecular weight is 349 g/mol. The molecule has 3 heterocycles. The van der Waals surface area contributed by atoms with Crippen molar-refractivity contribution in [3.63, 3.8) is 0 Å². The number of nitrogens with zero attached hydrogens (tertiary/aromatic N) is 3. The topological polar surface area (TPSA) is 57.2 Å². The number of rotatable bonds is 3. The molecule has 0 N–H and O–H groups in total. The Morgan fingerprint density at radius 3 is 2.79 bits per heavy atom. The third kappa shape index (κ3) is 1.94. The van der Waals surface area contributed by atoms with E-state index in [4.69, 9.17) is 17.0 Å². The van der Waals surface area contributed by atoms with E-state index in [9.17, 15) is 13.6 Å². The van der Waals surface area contributed by atoms with Crippen molar-refractivity contribution >= 4 is 34.5 Å². The molecule has 0 spiro atoms. The van der Waals surface area contributed by atoms with E-state index in [2.05, 4.69) is 9.72 Å². The number of aromatic nitrogens is 3. The maximum atomic E-state index is 12.3. The minimum atomic E-state index is -2.91. The van der Waals surface area contributed by atoms with E-state index in [-0.39, 0.29) is 16.9 Å². The molecule has 1 aromatic carbocycles. The van der Waals surface area contributed by atoms with E-state index in [1.807, 2.05) is 0 Å². The molecule has 0 radical (unpaired) electrons. The molecule has 0 aliphatic carbocycles. The fourth-order valence-electron chi connectivity index (χ4n) is 2.77. The summed E-state index contributed by atoms with van der Waals surface area (Å²) < 4.78 is 37.9. The fraction of sp³-hybridized carbons (Fsp3) is 0.133. The van der Waals surface area contributed by atoms with Crippen molar-refractivity contribution in [2.45, 2.75) is 6.61 Å². The van der Waals surface area contributed by atoms with Crippen LogP contribution in [0.15, 0.2) is 35.3 Å². The van der Waals surface area contributed by atoms with Gasteiger partial charge in [-0.05, 0) is 12.1 Å². The summed E-state index contributed by atoms with van der Waals surface area (Å²) in [7, 11) is 1.40. The van der Waals surface area contributed by atoms with Gasteiger partial charge in [-0.3, -0.25) is 13.6 Å². The van der Waals surface area contributed by atoms with E-state index in [1.54, 1.807) is 21.1 Å². The molecule has 0 amide bonds. The van der Waals surface area contributed by atoms with Crippen molar-refractivity contribution < 1.29 is 18.3 Å². The van der Waals surface area contributed by atoms with Crippen LogP contribution in [0.1, 0.15) is 0 Å². The van der Waals surface area contributed by atoms with Crippen LogP contribution in [0.2, 0.25) is 0 Å². The van der Waals surface area contributed by atoms with Gasteiger partial charge in [0.05, 0.1) is 18.1 Å². The van der Waals surface area contributed by atoms with Gasteiger partial charge in [0.25, 0.3) is 0 Å². The lowest BCUT2D eigenvalue weighted by molar-refractivity contribution is -0.0497. The van der Waals surface area contributed by atoms with E-state index in [0.29, 0.717) is 27.0 Å². The van der Waals surface area contributed by atoms with Crippen LogP contribution in [0.4, 0.5) is 8.78 Å². The standard InChI is InChI=1S/C15H9F2N3O3S/c1-22-12-10(21)4-5-19-11(12)13(24)20-9-3-2-7(23-14(16)17)6-8(9)18-15(19)20/h2-6,14H,1H3. The average Bonchev–Trinajstić information content (AvgIpc) is 3.03. The first-order valence-electron chi connectivity index (χ1n) is 6.83. The van der Waals surface area contributed by atoms with E-state index in [0.717, 1.165) is 0 Å². The molecule has 0 unspecified atom stereocenters. The van der Waals surface area contributed by atoms with E-state index in [1.165, 1.54) is 25.3 Å². The van der Waals surface area contributed by atoms with Crippen LogP contribution in [0.5, 0.6) is 11.5 Å². The number of hydrogen-bond acceptors (Lipinski definition) is 5. The molecule has 3 aromatic heterocycles. The Kier molecular flexibility index (Phi) is 3.14. The molecule has 0 saturated heterocycles. The second-order valence-corrected chi connectivity index (χ2v) is 5.40. The Morgan fingerprint density at radius 2 is 2.08 bits per heavy atom. The Balaban J connectivity index is 2.10. The van der Waals surface area contributed by atoms with Gasteiger partial charge in [0.15, 0.2) is 5.75 Å². The highest BCUT2D eigenvalue weighted by Crippen LogP contribution is 2.27. The fourth-order valence-corrected chi connectivity index (χ4v) is 3.14. The number of methoxy groups -OCH3 is 1. The summed E-state index contributed by atoms with van der Waals surface area (Å²) >= 11 is 5.46. The zero-order valence-corrected chi connectivity index (χ0v) is 13.0. The molecule has 0 aliphatic heterocycles. The van der Waals surface area contributed by atoms with E-state index >= 15 is 0 Å². The molecule has 0 atom stereocenters. The van der Waals surface area contributed by atoms with E-state index < -0.39 is 6.61 Å². The molecular formula is C15H9F2N3O3S. The predicted octanol–water partition coefficient (Wildman–Crippen LogP) is 2.88. The molecule has 122 valence electrons. The van der Waals surface area contributed by atoms with Gasteiger partial charge in [-0.1, -0.05) is 12.2 Å². The summed E-state index contributed by atoms with van der Waals surface area (Å²) in [4.78, 5) is 16.3. The highest BCUT2D eigenvalue weighted by Gasteiger charge is 2.18. The van der Waals surface area contributed by atoms with Crippen molar-refractivity contribution in [1.29, 1.82) is 0 Å². The van der Waals surface area contributed by atoms with Crippen molar-refractivity contribution in [1.82, 2.24) is 13.8 Å². The highest BCUT2D eigenvalue weighted by molar-refractivity contribution is 7.71. The maximum absolute atomic E-state index is 12.3. The summed E-state index contributed by atoms with van der Waals surface area (Å²) in [6.07, 6.45) is 1.55. The first-order valence-corrected chi connectivity index (χ1v) is 7.24. The van der Waals surface area contributed by atoms with Gasteiger partial charge in [0.1, 0.15) is 15.9 Å². The largest absolute Gasteiger partial charge is 0.491 e. The molecular weight excluding hydrogens is 340 g/mol. The monoisotopic (exact) mass is 349 g/mol. The smallest absolute Gasteiger partial charge is 0.387 e. The Bertz CT molecular complexity index is 1200. The van der Waals surface area contributed by atoms with Crippen LogP contribution >= 0.6 is 12.2 Å². The molecule has 4 aromatic rings. The number of ether oxygens (including phenoxy) is 2. The lowest BCUT2D eigenvalue weighted by Gasteiger charge is -2.03. The lowest BCUT2D eigenvalue weighted by Crippen LogP contribution is -2.06. The Morgan fingerprint density at radius 1 is 1.29 bits per heavy atom. The summed E-state index contributed by atoms with van der Waals surface area (Å²) in [6.45, 7) is -2.91. The van der Waals surface area contributed by atoms with Gasteiger partial charge in [-0.2, -0.15) is 8.78 Å². The molecule has 24 heavy (non-hydrogen) atoms. The number of hydrogen-bond donors (Lipinski definition) is 0. The highest BCUT2D eigenvalue weighted by atomic mass is 32.1. The summed E-state index contributed by atoms with van der Waals surface area (Å²) in [5, 5.41) is 0. The van der Waals surface area contributed by atoms with Gasteiger partial charge in [-0.25, -0.2) is 4.98 Å². The normalized spacial score (nSPS) is 11.8. The molecule has 0 fully saturated rings. The van der Waals surface area contributed by atoms with Crippen LogP contribution in [-0.4, -0.2) is 27.5 Å². The zero-order valence-electron chi connectivity index (χ0n) is 12.2. The Labute approximate surface area is 137 Å². The molecule has 0 saturated carbocycles. The van der Waals surface area contributed by atoms with Gasteiger partial charge in [0, 0.05) is 18.3 Å². The van der Waals surface area contributed by atoms with Crippen LogP contribution in [0.3, 0.4) is 0 Å². The molecule has 4 rings (SSSR count). The minimum absolute atomic E-state index is 0.0119. The lowest BCUT2D eigenvalue weighted by atomic mass is 10.3. The van der Waals surface area contributed by atoms with Crippen molar-refractivity contribution in [3.05, 3.63) is 45.3 Å². The number of benzene rings is 1. The second kappa shape index (κ2) is 5.10. The quantitative estimate of drug-likeness (QED) is 0.532. The van der Waals surface area contributed by atoms with Crippen LogP contribution in [0, 0.1) is 4.64 Å². The summed E-state index contributed by atoms with van der Waals surface area (Å²) in [5.74, 6) is 0.606. The number of imidazole rings is 2. The first kappa shape index (κ1) is 14.8. The van der Waals surface area contributed by atoms with Gasteiger partial charge in [0.2, 0.25) is 11.2 Å². The third-order valence-corrected chi connectivity index (χ3v) is 4.09. The summed E-state index contributed by atoms with van der Waals surface area (Å²) in [6, 6.07) is 5.77. The second-order valence-electron chi connectivity index (χ2n) is 5.01. The van der Waals surface area contributed by atoms with Crippen molar-refractivity contribution in [2.75, 3.05) is 7.11 Å². The summed E-state index contributed by atoms with van der Waals surface area (Å²) in [5.41, 5.74) is 1.23. The predicted molar refractivity (Wildman–Crippen MR) is 85.1 cm³/mol. The number of halogens is 2. The number of alkyl halides is 2.